The lowest BCUT2D eigenvalue weighted by molar-refractivity contribution is 0.102. The van der Waals surface area contributed by atoms with E-state index in [-0.39, 0.29) is 30.7 Å². The van der Waals surface area contributed by atoms with Crippen LogP contribution in [-0.4, -0.2) is 61.2 Å². The van der Waals surface area contributed by atoms with Gasteiger partial charge in [-0.2, -0.15) is 5.10 Å². The van der Waals surface area contributed by atoms with Gasteiger partial charge in [-0.05, 0) is 70.1 Å². The monoisotopic (exact) mass is 581 g/mol. The Hall–Kier alpha value is -3.66. The highest BCUT2D eigenvalue weighted by Gasteiger charge is 2.18. The number of ether oxygens (including phenoxy) is 1. The molecule has 0 saturated carbocycles. The number of imidazole rings is 1. The van der Waals surface area contributed by atoms with Crippen LogP contribution in [0.1, 0.15) is 40.4 Å². The van der Waals surface area contributed by atoms with Crippen LogP contribution >= 0.6 is 24.8 Å². The number of likely N-dealkylation sites (tertiary alicyclic amines) is 1. The number of anilines is 1. The summed E-state index contributed by atoms with van der Waals surface area (Å²) in [6.45, 7) is 8.36. The highest BCUT2D eigenvalue weighted by Crippen LogP contribution is 2.28. The number of aromatic nitrogens is 5. The van der Waals surface area contributed by atoms with Gasteiger partial charge in [-0.1, -0.05) is 12.1 Å². The predicted molar refractivity (Wildman–Crippen MR) is 161 cm³/mol. The first kappa shape index (κ1) is 29.3. The highest BCUT2D eigenvalue weighted by molar-refractivity contribution is 6.08. The molecule has 0 radical (unpaired) electrons. The molecule has 40 heavy (non-hydrogen) atoms. The Morgan fingerprint density at radius 3 is 2.65 bits per heavy atom. The lowest BCUT2D eigenvalue weighted by Crippen LogP contribution is -2.25. The van der Waals surface area contributed by atoms with Gasteiger partial charge in [0.25, 0.3) is 5.91 Å². The molecule has 5 aromatic rings. The van der Waals surface area contributed by atoms with E-state index in [4.69, 9.17) is 9.84 Å². The largest absolute Gasteiger partial charge is 0.492 e. The first-order chi connectivity index (χ1) is 18.5. The number of rotatable bonds is 8. The van der Waals surface area contributed by atoms with Crippen LogP contribution in [0.15, 0.2) is 60.9 Å². The van der Waals surface area contributed by atoms with Crippen LogP contribution in [0.5, 0.6) is 5.75 Å². The van der Waals surface area contributed by atoms with Gasteiger partial charge >= 0.3 is 0 Å². The molecular formula is C29H33Cl2N7O2. The number of hydrogen-bond acceptors (Lipinski definition) is 6. The van der Waals surface area contributed by atoms with E-state index in [0.29, 0.717) is 30.2 Å². The van der Waals surface area contributed by atoms with Crippen LogP contribution < -0.4 is 10.1 Å². The summed E-state index contributed by atoms with van der Waals surface area (Å²) in [4.78, 5) is 24.8. The number of halogens is 2. The fraction of sp³-hybridized carbons (Fsp3) is 0.310. The summed E-state index contributed by atoms with van der Waals surface area (Å²) in [6.07, 6.45) is 5.97. The minimum Gasteiger partial charge on any atom is -0.492 e. The summed E-state index contributed by atoms with van der Waals surface area (Å²) in [5, 5.41) is 8.74. The fourth-order valence-corrected chi connectivity index (χ4v) is 5.19. The van der Waals surface area contributed by atoms with Crippen molar-refractivity contribution in [1.29, 1.82) is 0 Å². The SMILES string of the molecule is Cc1cccc(Cn2nc(C)c3c(NC(=O)c4cnc5cc(OCCN6CCCC6)ccn45)cccc32)n1.Cl.Cl. The third-order valence-electron chi connectivity index (χ3n) is 7.05. The fourth-order valence-electron chi connectivity index (χ4n) is 5.19. The maximum absolute atomic E-state index is 13.3. The van der Waals surface area contributed by atoms with Gasteiger partial charge < -0.3 is 10.1 Å². The molecule has 0 unspecified atom stereocenters. The summed E-state index contributed by atoms with van der Waals surface area (Å²) >= 11 is 0. The predicted octanol–water partition coefficient (Wildman–Crippen LogP) is 5.31. The van der Waals surface area contributed by atoms with E-state index in [9.17, 15) is 4.79 Å². The standard InChI is InChI=1S/C29H31N7O2.2ClH/c1-20-7-5-8-22(31-20)19-36-25-10-6-9-24(28(25)21(2)33-36)32-29(37)26-18-30-27-17-23(11-14-35(26)27)38-16-15-34-12-3-4-13-34;;/h5-11,14,17-18H,3-4,12-13,15-16,19H2,1-2H3,(H,32,37);2*1H. The third kappa shape index (κ3) is 6.06. The first-order valence-corrected chi connectivity index (χ1v) is 13.1. The van der Waals surface area contributed by atoms with Gasteiger partial charge in [0, 0.05) is 29.9 Å². The van der Waals surface area contributed by atoms with Crippen LogP contribution in [0.4, 0.5) is 5.69 Å². The molecule has 1 saturated heterocycles. The molecule has 5 heterocycles. The highest BCUT2D eigenvalue weighted by atomic mass is 35.5. The molecular weight excluding hydrogens is 549 g/mol. The Balaban J connectivity index is 0.00000185. The second-order valence-corrected chi connectivity index (χ2v) is 9.80. The number of nitrogens with zero attached hydrogens (tertiary/aromatic N) is 6. The number of fused-ring (bicyclic) bond motifs is 2. The van der Waals surface area contributed by atoms with Crippen molar-refractivity contribution in [1.82, 2.24) is 29.0 Å². The van der Waals surface area contributed by atoms with Gasteiger partial charge in [-0.3, -0.25) is 23.8 Å². The van der Waals surface area contributed by atoms with Crippen LogP contribution in [0, 0.1) is 13.8 Å². The second-order valence-electron chi connectivity index (χ2n) is 9.80. The van der Waals surface area contributed by atoms with Gasteiger partial charge in [-0.25, -0.2) is 4.98 Å². The molecule has 0 bridgehead atoms. The van der Waals surface area contributed by atoms with E-state index < -0.39 is 0 Å². The Bertz CT molecular complexity index is 1630. The minimum atomic E-state index is -0.236. The number of pyridine rings is 2. The smallest absolute Gasteiger partial charge is 0.274 e. The lowest BCUT2D eigenvalue weighted by Gasteiger charge is -2.15. The molecule has 1 aliphatic heterocycles. The summed E-state index contributed by atoms with van der Waals surface area (Å²) in [7, 11) is 0. The normalized spacial score (nSPS) is 13.2. The second kappa shape index (κ2) is 12.7. The zero-order chi connectivity index (χ0) is 26.1. The average molecular weight is 583 g/mol. The van der Waals surface area contributed by atoms with E-state index in [1.807, 2.05) is 73.3 Å². The summed E-state index contributed by atoms with van der Waals surface area (Å²) in [5.41, 5.74) is 5.53. The zero-order valence-corrected chi connectivity index (χ0v) is 24.2. The number of carbonyl (C=O) groups excluding carboxylic acids is 1. The van der Waals surface area contributed by atoms with Crippen molar-refractivity contribution in [3.63, 3.8) is 0 Å². The van der Waals surface area contributed by atoms with Crippen LogP contribution in [0.25, 0.3) is 16.6 Å². The van der Waals surface area contributed by atoms with Gasteiger partial charge in [-0.15, -0.1) is 24.8 Å². The van der Waals surface area contributed by atoms with Crippen molar-refractivity contribution in [3.8, 4) is 5.75 Å². The Morgan fingerprint density at radius 2 is 1.85 bits per heavy atom. The van der Waals surface area contributed by atoms with Crippen LogP contribution in [-0.2, 0) is 6.54 Å². The Labute approximate surface area is 245 Å². The minimum absolute atomic E-state index is 0. The lowest BCUT2D eigenvalue weighted by atomic mass is 10.1. The van der Waals surface area contributed by atoms with E-state index in [0.717, 1.165) is 53.4 Å². The molecule has 1 aromatic carbocycles. The van der Waals surface area contributed by atoms with Crippen molar-refractivity contribution in [2.45, 2.75) is 33.2 Å². The third-order valence-corrected chi connectivity index (χ3v) is 7.05. The van der Waals surface area contributed by atoms with E-state index >= 15 is 0 Å². The zero-order valence-electron chi connectivity index (χ0n) is 22.5. The first-order valence-electron chi connectivity index (χ1n) is 13.1. The van der Waals surface area contributed by atoms with Gasteiger partial charge in [0.15, 0.2) is 0 Å². The number of aryl methyl sites for hydroxylation is 2. The summed E-state index contributed by atoms with van der Waals surface area (Å²) in [5.74, 6) is 0.519. The molecule has 0 aliphatic carbocycles. The Morgan fingerprint density at radius 1 is 1.05 bits per heavy atom. The van der Waals surface area contributed by atoms with Crippen molar-refractivity contribution < 1.29 is 9.53 Å². The number of benzene rings is 1. The van der Waals surface area contributed by atoms with Crippen molar-refractivity contribution in [2.24, 2.45) is 0 Å². The number of nitrogens with one attached hydrogen (secondary N) is 1. The molecule has 1 N–H and O–H groups in total. The maximum Gasteiger partial charge on any atom is 0.274 e. The van der Waals surface area contributed by atoms with Gasteiger partial charge in [0.2, 0.25) is 0 Å². The van der Waals surface area contributed by atoms with Crippen molar-refractivity contribution >= 4 is 53.0 Å². The quantitative estimate of drug-likeness (QED) is 0.267. The molecule has 0 spiro atoms. The topological polar surface area (TPSA) is 89.6 Å². The van der Waals surface area contributed by atoms with Crippen LogP contribution in [0.3, 0.4) is 0 Å². The molecule has 0 atom stereocenters. The maximum atomic E-state index is 13.3. The number of amides is 1. The molecule has 1 fully saturated rings. The molecule has 9 nitrogen and oxygen atoms in total. The number of hydrogen-bond donors (Lipinski definition) is 1. The molecule has 1 amide bonds. The van der Waals surface area contributed by atoms with Gasteiger partial charge in [0.1, 0.15) is 23.7 Å². The summed E-state index contributed by atoms with van der Waals surface area (Å²) < 4.78 is 9.66. The van der Waals surface area contributed by atoms with E-state index in [1.165, 1.54) is 12.8 Å². The average Bonchev–Trinajstić information content (AvgIpc) is 3.64. The number of carbonyl (C=O) groups is 1. The molecule has 6 rings (SSSR count). The van der Waals surface area contributed by atoms with E-state index in [1.54, 1.807) is 10.6 Å². The van der Waals surface area contributed by atoms with Crippen molar-refractivity contribution in [2.75, 3.05) is 31.6 Å². The summed E-state index contributed by atoms with van der Waals surface area (Å²) in [6, 6.07) is 15.6. The molecule has 210 valence electrons. The van der Waals surface area contributed by atoms with E-state index in [2.05, 4.69) is 20.2 Å². The molecule has 11 heteroatoms. The van der Waals surface area contributed by atoms with Crippen molar-refractivity contribution in [3.05, 3.63) is 83.7 Å². The Kier molecular flexibility index (Phi) is 9.29. The van der Waals surface area contributed by atoms with Crippen LogP contribution in [0.2, 0.25) is 0 Å². The molecule has 4 aromatic heterocycles. The molecule has 1 aliphatic rings. The van der Waals surface area contributed by atoms with Gasteiger partial charge in [0.05, 0.1) is 35.3 Å².